The third-order valence-electron chi connectivity index (χ3n) is 4.68. The lowest BCUT2D eigenvalue weighted by Crippen LogP contribution is -2.49. The lowest BCUT2D eigenvalue weighted by Gasteiger charge is -2.42. The number of hydrogen-bond acceptors (Lipinski definition) is 2. The van der Waals surface area contributed by atoms with Crippen molar-refractivity contribution in [3.63, 3.8) is 0 Å². The molecule has 0 bridgehead atoms. The van der Waals surface area contributed by atoms with Crippen molar-refractivity contribution in [1.82, 2.24) is 4.90 Å². The zero-order valence-electron chi connectivity index (χ0n) is 10.9. The van der Waals surface area contributed by atoms with Gasteiger partial charge in [0.05, 0.1) is 6.10 Å². The van der Waals surface area contributed by atoms with Crippen LogP contribution in [0.4, 0.5) is 0 Å². The highest BCUT2D eigenvalue weighted by molar-refractivity contribution is 4.86. The number of rotatable bonds is 2. The van der Waals surface area contributed by atoms with Gasteiger partial charge in [-0.05, 0) is 50.6 Å². The minimum Gasteiger partial charge on any atom is -0.391 e. The molecule has 2 unspecified atom stereocenters. The molecular weight excluding hydrogens is 198 g/mol. The summed E-state index contributed by atoms with van der Waals surface area (Å²) in [6, 6.07) is 0.474. The zero-order valence-corrected chi connectivity index (χ0v) is 10.9. The molecule has 2 fully saturated rings. The number of likely N-dealkylation sites (tertiary alicyclic amines) is 1. The van der Waals surface area contributed by atoms with Crippen molar-refractivity contribution in [2.24, 2.45) is 11.8 Å². The van der Waals surface area contributed by atoms with Gasteiger partial charge in [-0.3, -0.25) is 4.90 Å². The van der Waals surface area contributed by atoms with E-state index in [1.54, 1.807) is 0 Å². The van der Waals surface area contributed by atoms with Crippen LogP contribution in [0.25, 0.3) is 0 Å². The highest BCUT2D eigenvalue weighted by Crippen LogP contribution is 2.30. The Morgan fingerprint density at radius 3 is 2.19 bits per heavy atom. The normalized spacial score (nSPS) is 34.5. The molecule has 1 saturated carbocycles. The lowest BCUT2D eigenvalue weighted by atomic mass is 9.84. The van der Waals surface area contributed by atoms with Crippen LogP contribution in [0.2, 0.25) is 0 Å². The second kappa shape index (κ2) is 5.50. The molecule has 2 heteroatoms. The first-order valence-electron chi connectivity index (χ1n) is 7.10. The molecule has 1 N–H and O–H groups in total. The SMILES string of the molecule is CC(C)C1CCN(C2CCCCC2O)CC1. The van der Waals surface area contributed by atoms with Crippen molar-refractivity contribution in [2.45, 2.75) is 64.5 Å². The first-order chi connectivity index (χ1) is 7.68. The smallest absolute Gasteiger partial charge is 0.0695 e. The number of aliphatic hydroxyl groups is 1. The van der Waals surface area contributed by atoms with E-state index in [0.29, 0.717) is 6.04 Å². The molecular formula is C14H27NO. The van der Waals surface area contributed by atoms with Crippen LogP contribution in [-0.2, 0) is 0 Å². The molecule has 2 rings (SSSR count). The summed E-state index contributed by atoms with van der Waals surface area (Å²) in [5.41, 5.74) is 0. The van der Waals surface area contributed by atoms with Crippen molar-refractivity contribution in [3.8, 4) is 0 Å². The van der Waals surface area contributed by atoms with Gasteiger partial charge < -0.3 is 5.11 Å². The van der Waals surface area contributed by atoms with E-state index in [4.69, 9.17) is 0 Å². The minimum atomic E-state index is -0.0515. The Balaban J connectivity index is 1.83. The Hall–Kier alpha value is -0.0800. The van der Waals surface area contributed by atoms with Crippen LogP contribution in [0.5, 0.6) is 0 Å². The molecule has 0 amide bonds. The van der Waals surface area contributed by atoms with E-state index in [1.165, 1.54) is 45.2 Å². The van der Waals surface area contributed by atoms with Crippen molar-refractivity contribution in [2.75, 3.05) is 13.1 Å². The Morgan fingerprint density at radius 1 is 1.00 bits per heavy atom. The maximum Gasteiger partial charge on any atom is 0.0695 e. The van der Waals surface area contributed by atoms with Crippen molar-refractivity contribution in [1.29, 1.82) is 0 Å². The van der Waals surface area contributed by atoms with Crippen LogP contribution >= 0.6 is 0 Å². The average Bonchev–Trinajstić information content (AvgIpc) is 2.30. The van der Waals surface area contributed by atoms with Crippen molar-refractivity contribution < 1.29 is 5.11 Å². The molecule has 1 aliphatic carbocycles. The third kappa shape index (κ3) is 2.78. The van der Waals surface area contributed by atoms with Crippen LogP contribution < -0.4 is 0 Å². The second-order valence-electron chi connectivity index (χ2n) is 6.04. The molecule has 94 valence electrons. The fourth-order valence-corrected chi connectivity index (χ4v) is 3.44. The van der Waals surface area contributed by atoms with Gasteiger partial charge in [0.1, 0.15) is 0 Å². The fraction of sp³-hybridized carbons (Fsp3) is 1.00. The Morgan fingerprint density at radius 2 is 1.62 bits per heavy atom. The molecule has 0 aromatic heterocycles. The molecule has 16 heavy (non-hydrogen) atoms. The summed E-state index contributed by atoms with van der Waals surface area (Å²) in [5.74, 6) is 1.75. The summed E-state index contributed by atoms with van der Waals surface area (Å²) in [4.78, 5) is 2.56. The third-order valence-corrected chi connectivity index (χ3v) is 4.68. The van der Waals surface area contributed by atoms with Crippen LogP contribution in [0.3, 0.4) is 0 Å². The average molecular weight is 225 g/mol. The Labute approximate surface area is 100 Å². The predicted molar refractivity (Wildman–Crippen MR) is 67.4 cm³/mol. The van der Waals surface area contributed by atoms with E-state index in [9.17, 15) is 5.11 Å². The Kier molecular flexibility index (Phi) is 4.26. The molecule has 1 aliphatic heterocycles. The number of piperidine rings is 1. The summed E-state index contributed by atoms with van der Waals surface area (Å²) in [6.45, 7) is 7.11. The van der Waals surface area contributed by atoms with Crippen molar-refractivity contribution >= 4 is 0 Å². The van der Waals surface area contributed by atoms with E-state index < -0.39 is 0 Å². The van der Waals surface area contributed by atoms with Gasteiger partial charge in [-0.1, -0.05) is 26.7 Å². The van der Waals surface area contributed by atoms with Crippen LogP contribution in [-0.4, -0.2) is 35.2 Å². The molecule has 0 aromatic carbocycles. The highest BCUT2D eigenvalue weighted by Gasteiger charge is 2.31. The molecule has 1 heterocycles. The standard InChI is InChI=1S/C14H27NO/c1-11(2)12-7-9-15(10-8-12)13-5-3-4-6-14(13)16/h11-14,16H,3-10H2,1-2H3. The monoisotopic (exact) mass is 225 g/mol. The quantitative estimate of drug-likeness (QED) is 0.781. The number of aliphatic hydroxyl groups excluding tert-OH is 1. The maximum atomic E-state index is 10.1. The van der Waals surface area contributed by atoms with Gasteiger partial charge in [-0.2, -0.15) is 0 Å². The second-order valence-corrected chi connectivity index (χ2v) is 6.04. The van der Waals surface area contributed by atoms with E-state index in [0.717, 1.165) is 18.3 Å². The van der Waals surface area contributed by atoms with Gasteiger partial charge in [-0.15, -0.1) is 0 Å². The topological polar surface area (TPSA) is 23.5 Å². The minimum absolute atomic E-state index is 0.0515. The van der Waals surface area contributed by atoms with E-state index in [2.05, 4.69) is 18.7 Å². The Bertz CT molecular complexity index is 209. The van der Waals surface area contributed by atoms with E-state index in [-0.39, 0.29) is 6.10 Å². The summed E-state index contributed by atoms with van der Waals surface area (Å²) in [6.07, 6.45) is 7.39. The van der Waals surface area contributed by atoms with Gasteiger partial charge >= 0.3 is 0 Å². The molecule has 2 aliphatic rings. The molecule has 0 aromatic rings. The summed E-state index contributed by atoms with van der Waals surface area (Å²) in [5, 5.41) is 10.1. The van der Waals surface area contributed by atoms with Gasteiger partial charge in [0.15, 0.2) is 0 Å². The first kappa shape index (κ1) is 12.4. The van der Waals surface area contributed by atoms with E-state index >= 15 is 0 Å². The van der Waals surface area contributed by atoms with E-state index in [1.807, 2.05) is 0 Å². The number of nitrogens with zero attached hydrogens (tertiary/aromatic N) is 1. The molecule has 0 radical (unpaired) electrons. The van der Waals surface area contributed by atoms with Gasteiger partial charge in [-0.25, -0.2) is 0 Å². The predicted octanol–water partition coefficient (Wildman–Crippen LogP) is 2.66. The lowest BCUT2D eigenvalue weighted by molar-refractivity contribution is 0.000493. The largest absolute Gasteiger partial charge is 0.391 e. The maximum absolute atomic E-state index is 10.1. The summed E-state index contributed by atoms with van der Waals surface area (Å²) >= 11 is 0. The highest BCUT2D eigenvalue weighted by atomic mass is 16.3. The molecule has 2 nitrogen and oxygen atoms in total. The summed E-state index contributed by atoms with van der Waals surface area (Å²) in [7, 11) is 0. The summed E-state index contributed by atoms with van der Waals surface area (Å²) < 4.78 is 0. The fourth-order valence-electron chi connectivity index (χ4n) is 3.44. The van der Waals surface area contributed by atoms with Gasteiger partial charge in [0, 0.05) is 6.04 Å². The number of hydrogen-bond donors (Lipinski definition) is 1. The first-order valence-corrected chi connectivity index (χ1v) is 7.10. The van der Waals surface area contributed by atoms with Crippen molar-refractivity contribution in [3.05, 3.63) is 0 Å². The van der Waals surface area contributed by atoms with Gasteiger partial charge in [0.2, 0.25) is 0 Å². The van der Waals surface area contributed by atoms with Crippen LogP contribution in [0.1, 0.15) is 52.4 Å². The van der Waals surface area contributed by atoms with Crippen LogP contribution in [0.15, 0.2) is 0 Å². The van der Waals surface area contributed by atoms with Crippen LogP contribution in [0, 0.1) is 11.8 Å². The zero-order chi connectivity index (χ0) is 11.5. The molecule has 1 saturated heterocycles. The van der Waals surface area contributed by atoms with Gasteiger partial charge in [0.25, 0.3) is 0 Å². The molecule has 2 atom stereocenters. The molecule has 0 spiro atoms.